The van der Waals surface area contributed by atoms with Crippen LogP contribution in [0, 0.1) is 11.2 Å². The number of carbonyl (C=O) groups is 1. The Morgan fingerprint density at radius 1 is 1.14 bits per heavy atom. The van der Waals surface area contributed by atoms with Gasteiger partial charge in [-0.2, -0.15) is 0 Å². The molecular weight excluding hydrogens is 549 g/mol. The molecule has 1 aromatic carbocycles. The third-order valence-electron chi connectivity index (χ3n) is 8.98. The Morgan fingerprint density at radius 3 is 2.65 bits per heavy atom. The van der Waals surface area contributed by atoms with E-state index in [2.05, 4.69) is 43.8 Å². The molecule has 10 nitrogen and oxygen atoms in total. The van der Waals surface area contributed by atoms with Crippen molar-refractivity contribution in [2.24, 2.45) is 5.41 Å². The van der Waals surface area contributed by atoms with Crippen LogP contribution in [0.1, 0.15) is 69.1 Å². The minimum Gasteiger partial charge on any atom is -0.490 e. The van der Waals surface area contributed by atoms with Crippen LogP contribution < -0.4 is 14.4 Å². The third-order valence-corrected chi connectivity index (χ3v) is 8.98. The first-order valence-electron chi connectivity index (χ1n) is 15.2. The molecule has 11 heteroatoms. The van der Waals surface area contributed by atoms with E-state index in [0.717, 1.165) is 56.9 Å². The molecule has 228 valence electrons. The molecule has 1 spiro atoms. The molecule has 1 aliphatic carbocycles. The lowest BCUT2D eigenvalue weighted by Gasteiger charge is -2.58. The van der Waals surface area contributed by atoms with E-state index in [4.69, 9.17) is 9.47 Å². The smallest absolute Gasteiger partial charge is 0.282 e. The Labute approximate surface area is 252 Å². The second kappa shape index (κ2) is 11.7. The van der Waals surface area contributed by atoms with Gasteiger partial charge in [-0.15, -0.1) is 10.2 Å². The second-order valence-corrected chi connectivity index (χ2v) is 12.6. The quantitative estimate of drug-likeness (QED) is 0.346. The highest BCUT2D eigenvalue weighted by Crippen LogP contribution is 2.52. The molecule has 4 heterocycles. The number of carbonyl (C=O) groups excluding carboxylic acids is 1. The van der Waals surface area contributed by atoms with E-state index in [1.807, 2.05) is 33.0 Å². The van der Waals surface area contributed by atoms with Gasteiger partial charge in [-0.25, -0.2) is 9.37 Å². The molecule has 0 bridgehead atoms. The number of pyridine rings is 1. The summed E-state index contributed by atoms with van der Waals surface area (Å²) >= 11 is 0. The van der Waals surface area contributed by atoms with E-state index >= 15 is 0 Å². The summed E-state index contributed by atoms with van der Waals surface area (Å²) in [4.78, 5) is 28.6. The van der Waals surface area contributed by atoms with Crippen LogP contribution in [0.2, 0.25) is 0 Å². The Hall–Kier alpha value is -3.86. The Morgan fingerprint density at radius 2 is 1.93 bits per heavy atom. The number of rotatable bonds is 9. The molecule has 2 fully saturated rings. The number of anilines is 1. The first-order valence-corrected chi connectivity index (χ1v) is 15.2. The van der Waals surface area contributed by atoms with Gasteiger partial charge in [-0.1, -0.05) is 0 Å². The van der Waals surface area contributed by atoms with Crippen LogP contribution in [0.3, 0.4) is 0 Å². The largest absolute Gasteiger partial charge is 0.490 e. The summed E-state index contributed by atoms with van der Waals surface area (Å²) in [6, 6.07) is 6.40. The molecular formula is C32H40FN7O3. The molecule has 43 heavy (non-hydrogen) atoms. The fourth-order valence-electron chi connectivity index (χ4n) is 6.64. The Balaban J connectivity index is 1.10. The van der Waals surface area contributed by atoms with Crippen LogP contribution in [-0.4, -0.2) is 80.2 Å². The van der Waals surface area contributed by atoms with Crippen molar-refractivity contribution in [2.75, 3.05) is 31.1 Å². The maximum atomic E-state index is 14.2. The Bertz CT molecular complexity index is 1490. The summed E-state index contributed by atoms with van der Waals surface area (Å²) in [7, 11) is 0. The number of benzene rings is 1. The molecule has 0 N–H and O–H groups in total. The summed E-state index contributed by atoms with van der Waals surface area (Å²) in [5, 5.41) is 8.11. The zero-order chi connectivity index (χ0) is 30.3. The van der Waals surface area contributed by atoms with E-state index < -0.39 is 5.82 Å². The number of fused-ring (bicyclic) bond motifs is 1. The van der Waals surface area contributed by atoms with E-state index in [9.17, 15) is 9.18 Å². The lowest BCUT2D eigenvalue weighted by molar-refractivity contribution is -0.0351. The maximum absolute atomic E-state index is 14.2. The van der Waals surface area contributed by atoms with Gasteiger partial charge in [0.1, 0.15) is 29.7 Å². The van der Waals surface area contributed by atoms with Crippen LogP contribution >= 0.6 is 0 Å². The number of nitrogens with zero attached hydrogens (tertiary/aromatic N) is 7. The fourth-order valence-corrected chi connectivity index (χ4v) is 6.64. The van der Waals surface area contributed by atoms with E-state index in [1.54, 1.807) is 4.90 Å². The number of hydrogen-bond acceptors (Lipinski definition) is 9. The van der Waals surface area contributed by atoms with Gasteiger partial charge in [0.2, 0.25) is 0 Å². The van der Waals surface area contributed by atoms with Gasteiger partial charge in [0, 0.05) is 62.0 Å². The van der Waals surface area contributed by atoms with Gasteiger partial charge >= 0.3 is 0 Å². The summed E-state index contributed by atoms with van der Waals surface area (Å²) in [5.74, 6) is 1.13. The molecule has 2 aliphatic heterocycles. The molecule has 1 amide bonds. The molecule has 3 aromatic rings. The van der Waals surface area contributed by atoms with Crippen molar-refractivity contribution < 1.29 is 18.7 Å². The Kier molecular flexibility index (Phi) is 7.93. The molecule has 2 aromatic heterocycles. The zero-order valence-corrected chi connectivity index (χ0v) is 25.6. The highest BCUT2D eigenvalue weighted by Gasteiger charge is 2.54. The maximum Gasteiger partial charge on any atom is 0.282 e. The topological polar surface area (TPSA) is 96.8 Å². The number of halogens is 1. The monoisotopic (exact) mass is 589 g/mol. The van der Waals surface area contributed by atoms with Gasteiger partial charge in [0.05, 0.1) is 11.3 Å². The summed E-state index contributed by atoms with van der Waals surface area (Å²) in [6.07, 6.45) is 6.32. The minimum atomic E-state index is -0.510. The minimum absolute atomic E-state index is 0.0471. The summed E-state index contributed by atoms with van der Waals surface area (Å²) < 4.78 is 26.8. The summed E-state index contributed by atoms with van der Waals surface area (Å²) in [6.45, 7) is 14.2. The van der Waals surface area contributed by atoms with Gasteiger partial charge < -0.3 is 19.3 Å². The van der Waals surface area contributed by atoms with Gasteiger partial charge in [0.25, 0.3) is 11.8 Å². The lowest BCUT2D eigenvalue weighted by Crippen LogP contribution is -2.65. The molecule has 0 unspecified atom stereocenters. The molecule has 6 rings (SSSR count). The molecule has 0 radical (unpaired) electrons. The number of aromatic nitrogens is 4. The van der Waals surface area contributed by atoms with Crippen molar-refractivity contribution >= 4 is 11.7 Å². The van der Waals surface area contributed by atoms with Crippen molar-refractivity contribution in [1.29, 1.82) is 0 Å². The number of amides is 1. The summed E-state index contributed by atoms with van der Waals surface area (Å²) in [5.41, 5.74) is 2.67. The predicted molar refractivity (Wildman–Crippen MR) is 160 cm³/mol. The zero-order valence-electron chi connectivity index (χ0n) is 25.6. The third kappa shape index (κ3) is 5.74. The highest BCUT2D eigenvalue weighted by molar-refractivity contribution is 5.97. The number of hydrogen-bond donors (Lipinski definition) is 0. The van der Waals surface area contributed by atoms with Gasteiger partial charge in [-0.05, 0) is 78.1 Å². The van der Waals surface area contributed by atoms with Crippen LogP contribution in [0.15, 0.2) is 36.8 Å². The first kappa shape index (κ1) is 29.2. The molecule has 3 aliphatic rings. The molecule has 1 saturated carbocycles. The second-order valence-electron chi connectivity index (χ2n) is 12.6. The van der Waals surface area contributed by atoms with Crippen molar-refractivity contribution in [1.82, 2.24) is 30.0 Å². The average molecular weight is 590 g/mol. The van der Waals surface area contributed by atoms with E-state index in [-0.39, 0.29) is 40.7 Å². The highest BCUT2D eigenvalue weighted by atomic mass is 19.1. The average Bonchev–Trinajstić information content (AvgIpc) is 2.94. The fraction of sp³-hybridized carbons (Fsp3) is 0.531. The standard InChI is InChI=1S/C32H40FN7O3/c1-6-40(21(4)5)31(41)25-13-22(33)7-8-27(25)43-30-29(35-19-36-37-30)39-17-32(18-39)14-23(15-32)42-28-9-11-34-26-16-38(20(2)3)12-10-24(26)28/h7-9,11,13,19-21,23H,6,10,12,14-18H2,1-5H3. The lowest BCUT2D eigenvalue weighted by atomic mass is 9.61. The van der Waals surface area contributed by atoms with E-state index in [0.29, 0.717) is 18.4 Å². The molecule has 1 saturated heterocycles. The normalized spacial score (nSPS) is 17.9. The van der Waals surface area contributed by atoms with E-state index in [1.165, 1.54) is 30.1 Å². The van der Waals surface area contributed by atoms with Crippen molar-refractivity contribution in [3.05, 3.63) is 59.4 Å². The van der Waals surface area contributed by atoms with Crippen molar-refractivity contribution in [3.8, 4) is 17.4 Å². The van der Waals surface area contributed by atoms with Gasteiger partial charge in [0.15, 0.2) is 5.82 Å². The number of ether oxygens (including phenoxy) is 2. The SMILES string of the molecule is CCN(C(=O)c1cc(F)ccc1Oc1nncnc1N1CC2(CC(Oc3ccnc4c3CCN(C(C)C)C4)C2)C1)C(C)C. The van der Waals surface area contributed by atoms with Crippen LogP contribution in [0.25, 0.3) is 0 Å². The van der Waals surface area contributed by atoms with Crippen molar-refractivity contribution in [3.63, 3.8) is 0 Å². The predicted octanol–water partition coefficient (Wildman–Crippen LogP) is 4.88. The van der Waals surface area contributed by atoms with Gasteiger partial charge in [-0.3, -0.25) is 14.7 Å². The van der Waals surface area contributed by atoms with Crippen molar-refractivity contribution in [2.45, 2.75) is 78.6 Å². The van der Waals surface area contributed by atoms with Crippen LogP contribution in [-0.2, 0) is 13.0 Å². The first-order chi connectivity index (χ1) is 20.7. The van der Waals surface area contributed by atoms with Crippen LogP contribution in [0.5, 0.6) is 17.4 Å². The van der Waals surface area contributed by atoms with Crippen LogP contribution in [0.4, 0.5) is 10.2 Å². The molecule has 0 atom stereocenters.